The molecular formula is C15H22FNO2. The van der Waals surface area contributed by atoms with Gasteiger partial charge >= 0.3 is 0 Å². The van der Waals surface area contributed by atoms with E-state index in [1.54, 1.807) is 12.1 Å². The highest BCUT2D eigenvalue weighted by Crippen LogP contribution is 2.25. The molecule has 1 aromatic carbocycles. The molecule has 1 saturated heterocycles. The van der Waals surface area contributed by atoms with Crippen LogP contribution in [0.25, 0.3) is 0 Å². The van der Waals surface area contributed by atoms with Gasteiger partial charge in [-0.3, -0.25) is 0 Å². The van der Waals surface area contributed by atoms with Gasteiger partial charge in [-0.05, 0) is 38.2 Å². The monoisotopic (exact) mass is 267 g/mol. The smallest absolute Gasteiger partial charge is 0.131 e. The SMILES string of the molecule is COc1ccc(C(N)CCCC2CCCO2)c(F)c1. The summed E-state index contributed by atoms with van der Waals surface area (Å²) in [7, 11) is 1.52. The fraction of sp³-hybridized carbons (Fsp3) is 0.600. The van der Waals surface area contributed by atoms with Crippen molar-refractivity contribution in [2.45, 2.75) is 44.2 Å². The zero-order valence-electron chi connectivity index (χ0n) is 11.4. The van der Waals surface area contributed by atoms with Crippen molar-refractivity contribution in [3.63, 3.8) is 0 Å². The molecule has 2 unspecified atom stereocenters. The van der Waals surface area contributed by atoms with Crippen LogP contribution in [0, 0.1) is 5.82 Å². The van der Waals surface area contributed by atoms with Crippen molar-refractivity contribution in [3.05, 3.63) is 29.6 Å². The Kier molecular flexibility index (Phi) is 5.16. The summed E-state index contributed by atoms with van der Waals surface area (Å²) in [6.07, 6.45) is 5.45. The van der Waals surface area contributed by atoms with Gasteiger partial charge in [0, 0.05) is 24.3 Å². The molecule has 2 rings (SSSR count). The van der Waals surface area contributed by atoms with Crippen LogP contribution in [0.4, 0.5) is 4.39 Å². The Bertz CT molecular complexity index is 405. The highest BCUT2D eigenvalue weighted by molar-refractivity contribution is 5.30. The molecule has 0 aliphatic carbocycles. The summed E-state index contributed by atoms with van der Waals surface area (Å²) in [6.45, 7) is 0.879. The molecule has 2 atom stereocenters. The lowest BCUT2D eigenvalue weighted by atomic mass is 9.99. The van der Waals surface area contributed by atoms with Gasteiger partial charge in [-0.15, -0.1) is 0 Å². The normalized spacial score (nSPS) is 20.5. The van der Waals surface area contributed by atoms with Crippen LogP contribution in [-0.2, 0) is 4.74 Å². The van der Waals surface area contributed by atoms with E-state index in [-0.39, 0.29) is 11.9 Å². The van der Waals surface area contributed by atoms with Gasteiger partial charge in [0.05, 0.1) is 13.2 Å². The second-order valence-corrected chi connectivity index (χ2v) is 5.06. The molecule has 0 aromatic heterocycles. The minimum absolute atomic E-state index is 0.257. The summed E-state index contributed by atoms with van der Waals surface area (Å²) in [4.78, 5) is 0. The highest BCUT2D eigenvalue weighted by Gasteiger charge is 2.17. The molecule has 0 saturated carbocycles. The molecule has 3 nitrogen and oxygen atoms in total. The molecule has 0 bridgehead atoms. The molecule has 0 spiro atoms. The van der Waals surface area contributed by atoms with Gasteiger partial charge in [0.25, 0.3) is 0 Å². The lowest BCUT2D eigenvalue weighted by molar-refractivity contribution is 0.101. The van der Waals surface area contributed by atoms with Crippen LogP contribution >= 0.6 is 0 Å². The third-order valence-electron chi connectivity index (χ3n) is 3.67. The fourth-order valence-electron chi connectivity index (χ4n) is 2.53. The third-order valence-corrected chi connectivity index (χ3v) is 3.67. The van der Waals surface area contributed by atoms with Gasteiger partial charge in [-0.1, -0.05) is 6.07 Å². The first-order valence-corrected chi connectivity index (χ1v) is 6.91. The average Bonchev–Trinajstić information content (AvgIpc) is 2.91. The molecule has 1 aliphatic rings. The third kappa shape index (κ3) is 3.91. The van der Waals surface area contributed by atoms with E-state index < -0.39 is 0 Å². The lowest BCUT2D eigenvalue weighted by Gasteiger charge is -2.15. The minimum atomic E-state index is -0.288. The van der Waals surface area contributed by atoms with Crippen molar-refractivity contribution in [2.24, 2.45) is 5.73 Å². The predicted molar refractivity (Wildman–Crippen MR) is 72.7 cm³/mol. The maximum atomic E-state index is 13.8. The Balaban J connectivity index is 1.83. The Labute approximate surface area is 113 Å². The fourth-order valence-corrected chi connectivity index (χ4v) is 2.53. The molecule has 1 aliphatic heterocycles. The molecule has 1 fully saturated rings. The van der Waals surface area contributed by atoms with Crippen LogP contribution in [0.2, 0.25) is 0 Å². The standard InChI is InChI=1S/C15H22FNO2/c1-18-12-7-8-13(14(16)10-12)15(17)6-2-4-11-5-3-9-19-11/h7-8,10-11,15H,2-6,9,17H2,1H3. The molecule has 4 heteroatoms. The predicted octanol–water partition coefficient (Wildman–Crippen LogP) is 3.18. The van der Waals surface area contributed by atoms with Crippen LogP contribution < -0.4 is 10.5 Å². The molecular weight excluding hydrogens is 245 g/mol. The van der Waals surface area contributed by atoms with Crippen molar-refractivity contribution in [1.29, 1.82) is 0 Å². The summed E-state index contributed by atoms with van der Waals surface area (Å²) in [5, 5.41) is 0. The molecule has 0 radical (unpaired) electrons. The Hall–Kier alpha value is -1.13. The maximum absolute atomic E-state index is 13.8. The number of hydrogen-bond acceptors (Lipinski definition) is 3. The Morgan fingerprint density at radius 1 is 1.53 bits per heavy atom. The number of hydrogen-bond donors (Lipinski definition) is 1. The van der Waals surface area contributed by atoms with Gasteiger partial charge in [0.2, 0.25) is 0 Å². The van der Waals surface area contributed by atoms with Crippen molar-refractivity contribution >= 4 is 0 Å². The summed E-state index contributed by atoms with van der Waals surface area (Å²) >= 11 is 0. The Morgan fingerprint density at radius 3 is 3.00 bits per heavy atom. The molecule has 1 heterocycles. The summed E-state index contributed by atoms with van der Waals surface area (Å²) < 4.78 is 24.4. The topological polar surface area (TPSA) is 44.5 Å². The zero-order chi connectivity index (χ0) is 13.7. The van der Waals surface area contributed by atoms with E-state index in [9.17, 15) is 4.39 Å². The number of rotatable bonds is 6. The van der Waals surface area contributed by atoms with Gasteiger partial charge in [-0.2, -0.15) is 0 Å². The number of nitrogens with two attached hydrogens (primary N) is 1. The van der Waals surface area contributed by atoms with Crippen molar-refractivity contribution < 1.29 is 13.9 Å². The number of methoxy groups -OCH3 is 1. The molecule has 106 valence electrons. The van der Waals surface area contributed by atoms with E-state index in [0.29, 0.717) is 17.4 Å². The molecule has 0 amide bonds. The minimum Gasteiger partial charge on any atom is -0.497 e. The van der Waals surface area contributed by atoms with Gasteiger partial charge in [-0.25, -0.2) is 4.39 Å². The van der Waals surface area contributed by atoms with Crippen molar-refractivity contribution in [3.8, 4) is 5.75 Å². The van der Waals surface area contributed by atoms with Crippen LogP contribution in [0.3, 0.4) is 0 Å². The first-order chi connectivity index (χ1) is 9.20. The van der Waals surface area contributed by atoms with Crippen LogP contribution in [0.15, 0.2) is 18.2 Å². The second-order valence-electron chi connectivity index (χ2n) is 5.06. The molecule has 19 heavy (non-hydrogen) atoms. The summed E-state index contributed by atoms with van der Waals surface area (Å²) in [5.74, 6) is 0.233. The van der Waals surface area contributed by atoms with Crippen LogP contribution in [-0.4, -0.2) is 19.8 Å². The maximum Gasteiger partial charge on any atom is 0.131 e. The number of benzene rings is 1. The summed E-state index contributed by atoms with van der Waals surface area (Å²) in [5.41, 5.74) is 6.61. The number of ether oxygens (including phenoxy) is 2. The highest BCUT2D eigenvalue weighted by atomic mass is 19.1. The van der Waals surface area contributed by atoms with Gasteiger partial charge in [0.15, 0.2) is 0 Å². The largest absolute Gasteiger partial charge is 0.497 e. The van der Waals surface area contributed by atoms with Crippen molar-refractivity contribution in [1.82, 2.24) is 0 Å². The number of halogens is 1. The molecule has 1 aromatic rings. The first kappa shape index (κ1) is 14.3. The van der Waals surface area contributed by atoms with E-state index in [4.69, 9.17) is 15.2 Å². The van der Waals surface area contributed by atoms with E-state index in [1.165, 1.54) is 13.2 Å². The van der Waals surface area contributed by atoms with E-state index in [2.05, 4.69) is 0 Å². The second kappa shape index (κ2) is 6.87. The quantitative estimate of drug-likeness (QED) is 0.861. The van der Waals surface area contributed by atoms with Crippen molar-refractivity contribution in [2.75, 3.05) is 13.7 Å². The average molecular weight is 267 g/mol. The van der Waals surface area contributed by atoms with E-state index >= 15 is 0 Å². The van der Waals surface area contributed by atoms with Gasteiger partial charge < -0.3 is 15.2 Å². The first-order valence-electron chi connectivity index (χ1n) is 6.91. The van der Waals surface area contributed by atoms with Gasteiger partial charge in [0.1, 0.15) is 11.6 Å². The lowest BCUT2D eigenvalue weighted by Crippen LogP contribution is -2.13. The van der Waals surface area contributed by atoms with Crippen LogP contribution in [0.1, 0.15) is 43.7 Å². The molecule has 2 N–H and O–H groups in total. The van der Waals surface area contributed by atoms with E-state index in [1.807, 2.05) is 0 Å². The van der Waals surface area contributed by atoms with Crippen LogP contribution in [0.5, 0.6) is 5.75 Å². The van der Waals surface area contributed by atoms with E-state index in [0.717, 1.165) is 38.7 Å². The zero-order valence-corrected chi connectivity index (χ0v) is 11.4. The Morgan fingerprint density at radius 2 is 2.37 bits per heavy atom. The summed E-state index contributed by atoms with van der Waals surface area (Å²) in [6, 6.07) is 4.59.